The zero-order chi connectivity index (χ0) is 13.8. The number of halogens is 1. The maximum atomic E-state index is 13.7. The standard InChI is InChI=1S/C13H14FN3O2/c1-8(11-5-6-15-17-11)16-12-7-9(13(18)19-2)3-4-10(12)14/h3-8,16H,1-2H3,(H,15,17). The third kappa shape index (κ3) is 2.90. The number of anilines is 1. The number of hydrogen-bond donors (Lipinski definition) is 2. The molecule has 2 N–H and O–H groups in total. The molecule has 1 aromatic carbocycles. The van der Waals surface area contributed by atoms with Crippen molar-refractivity contribution in [3.05, 3.63) is 47.5 Å². The SMILES string of the molecule is COC(=O)c1ccc(F)c(NC(C)c2ccn[nH]2)c1. The highest BCUT2D eigenvalue weighted by molar-refractivity contribution is 5.90. The van der Waals surface area contributed by atoms with Crippen molar-refractivity contribution in [2.24, 2.45) is 0 Å². The number of methoxy groups -OCH3 is 1. The molecule has 5 nitrogen and oxygen atoms in total. The third-order valence-electron chi connectivity index (χ3n) is 2.75. The van der Waals surface area contributed by atoms with Gasteiger partial charge in [-0.05, 0) is 31.2 Å². The minimum Gasteiger partial charge on any atom is -0.465 e. The first kappa shape index (κ1) is 13.1. The second-order valence-electron chi connectivity index (χ2n) is 4.06. The number of carbonyl (C=O) groups is 1. The lowest BCUT2D eigenvalue weighted by Crippen LogP contribution is -2.10. The number of benzene rings is 1. The fraction of sp³-hybridized carbons (Fsp3) is 0.231. The lowest BCUT2D eigenvalue weighted by atomic mass is 10.1. The summed E-state index contributed by atoms with van der Waals surface area (Å²) in [6, 6.07) is 5.67. The molecule has 1 unspecified atom stereocenters. The Labute approximate surface area is 109 Å². The van der Waals surface area contributed by atoms with Crippen LogP contribution in [0.3, 0.4) is 0 Å². The van der Waals surface area contributed by atoms with Crippen molar-refractivity contribution in [3.63, 3.8) is 0 Å². The molecule has 100 valence electrons. The van der Waals surface area contributed by atoms with Crippen LogP contribution in [0.4, 0.5) is 10.1 Å². The number of ether oxygens (including phenoxy) is 1. The van der Waals surface area contributed by atoms with E-state index in [9.17, 15) is 9.18 Å². The molecule has 0 aliphatic heterocycles. The molecule has 0 aliphatic rings. The summed E-state index contributed by atoms with van der Waals surface area (Å²) in [4.78, 5) is 11.4. The molecule has 0 saturated heterocycles. The molecular weight excluding hydrogens is 249 g/mol. The quantitative estimate of drug-likeness (QED) is 0.832. The second kappa shape index (κ2) is 5.51. The first-order valence-electron chi connectivity index (χ1n) is 5.75. The van der Waals surface area contributed by atoms with E-state index in [1.807, 2.05) is 6.92 Å². The van der Waals surface area contributed by atoms with E-state index >= 15 is 0 Å². The van der Waals surface area contributed by atoms with E-state index < -0.39 is 11.8 Å². The Morgan fingerprint density at radius 2 is 2.26 bits per heavy atom. The van der Waals surface area contributed by atoms with Crippen LogP contribution in [0.2, 0.25) is 0 Å². The van der Waals surface area contributed by atoms with Crippen molar-refractivity contribution >= 4 is 11.7 Å². The number of H-pyrrole nitrogens is 1. The monoisotopic (exact) mass is 263 g/mol. The molecule has 0 fully saturated rings. The summed E-state index contributed by atoms with van der Waals surface area (Å²) < 4.78 is 18.3. The van der Waals surface area contributed by atoms with Crippen LogP contribution in [0.15, 0.2) is 30.5 Å². The van der Waals surface area contributed by atoms with Gasteiger partial charge < -0.3 is 10.1 Å². The smallest absolute Gasteiger partial charge is 0.337 e. The van der Waals surface area contributed by atoms with E-state index in [1.54, 1.807) is 12.3 Å². The highest BCUT2D eigenvalue weighted by Crippen LogP contribution is 2.22. The van der Waals surface area contributed by atoms with Gasteiger partial charge in [0.2, 0.25) is 0 Å². The van der Waals surface area contributed by atoms with E-state index in [1.165, 1.54) is 25.3 Å². The van der Waals surface area contributed by atoms with Gasteiger partial charge in [0.1, 0.15) is 5.82 Å². The Hall–Kier alpha value is -2.37. The van der Waals surface area contributed by atoms with Gasteiger partial charge in [0, 0.05) is 6.20 Å². The first-order chi connectivity index (χ1) is 9.11. The van der Waals surface area contributed by atoms with Crippen molar-refractivity contribution in [1.29, 1.82) is 0 Å². The molecule has 0 radical (unpaired) electrons. The summed E-state index contributed by atoms with van der Waals surface area (Å²) in [5, 5.41) is 9.61. The molecule has 2 aromatic rings. The second-order valence-corrected chi connectivity index (χ2v) is 4.06. The molecule has 1 heterocycles. The molecule has 0 amide bonds. The van der Waals surface area contributed by atoms with Gasteiger partial charge in [-0.3, -0.25) is 5.10 Å². The number of nitrogens with one attached hydrogen (secondary N) is 2. The van der Waals surface area contributed by atoms with Gasteiger partial charge >= 0.3 is 5.97 Å². The van der Waals surface area contributed by atoms with E-state index in [4.69, 9.17) is 0 Å². The minimum atomic E-state index is -0.503. The number of rotatable bonds is 4. The fourth-order valence-electron chi connectivity index (χ4n) is 1.70. The Bertz CT molecular complexity index is 569. The Morgan fingerprint density at radius 3 is 2.89 bits per heavy atom. The maximum Gasteiger partial charge on any atom is 0.337 e. The van der Waals surface area contributed by atoms with Crippen molar-refractivity contribution in [1.82, 2.24) is 10.2 Å². The van der Waals surface area contributed by atoms with Gasteiger partial charge in [-0.1, -0.05) is 0 Å². The predicted molar refractivity (Wildman–Crippen MR) is 68.4 cm³/mol. The summed E-state index contributed by atoms with van der Waals surface area (Å²) >= 11 is 0. The third-order valence-corrected chi connectivity index (χ3v) is 2.75. The summed E-state index contributed by atoms with van der Waals surface area (Å²) in [7, 11) is 1.28. The number of aromatic nitrogens is 2. The molecule has 19 heavy (non-hydrogen) atoms. The van der Waals surface area contributed by atoms with Gasteiger partial charge in [0.15, 0.2) is 0 Å². The van der Waals surface area contributed by atoms with Crippen LogP contribution in [-0.2, 0) is 4.74 Å². The van der Waals surface area contributed by atoms with Crippen molar-refractivity contribution in [2.75, 3.05) is 12.4 Å². The van der Waals surface area contributed by atoms with Crippen LogP contribution < -0.4 is 5.32 Å². The Kier molecular flexibility index (Phi) is 3.79. The summed E-state index contributed by atoms with van der Waals surface area (Å²) in [6.07, 6.45) is 1.62. The molecular formula is C13H14FN3O2. The van der Waals surface area contributed by atoms with Gasteiger partial charge in [-0.15, -0.1) is 0 Å². The zero-order valence-corrected chi connectivity index (χ0v) is 10.6. The molecule has 2 rings (SSSR count). The molecule has 1 atom stereocenters. The van der Waals surface area contributed by atoms with Gasteiger partial charge in [0.25, 0.3) is 0 Å². The van der Waals surface area contributed by atoms with E-state index in [0.29, 0.717) is 5.56 Å². The van der Waals surface area contributed by atoms with Crippen molar-refractivity contribution < 1.29 is 13.9 Å². The largest absolute Gasteiger partial charge is 0.465 e. The highest BCUT2D eigenvalue weighted by atomic mass is 19.1. The lowest BCUT2D eigenvalue weighted by molar-refractivity contribution is 0.0600. The summed E-state index contributed by atoms with van der Waals surface area (Å²) in [5.41, 5.74) is 1.36. The minimum absolute atomic E-state index is 0.162. The number of carbonyl (C=O) groups excluding carboxylic acids is 1. The van der Waals surface area contributed by atoms with Crippen molar-refractivity contribution in [3.8, 4) is 0 Å². The first-order valence-corrected chi connectivity index (χ1v) is 5.75. The van der Waals surface area contributed by atoms with Crippen LogP contribution in [0, 0.1) is 5.82 Å². The van der Waals surface area contributed by atoms with Crippen LogP contribution >= 0.6 is 0 Å². The molecule has 0 bridgehead atoms. The highest BCUT2D eigenvalue weighted by Gasteiger charge is 2.13. The zero-order valence-electron chi connectivity index (χ0n) is 10.6. The van der Waals surface area contributed by atoms with Crippen molar-refractivity contribution in [2.45, 2.75) is 13.0 Å². The predicted octanol–water partition coefficient (Wildman–Crippen LogP) is 2.51. The van der Waals surface area contributed by atoms with Crippen LogP contribution in [0.25, 0.3) is 0 Å². The summed E-state index contributed by atoms with van der Waals surface area (Å²) in [6.45, 7) is 1.86. The van der Waals surface area contributed by atoms with Gasteiger partial charge in [-0.25, -0.2) is 9.18 Å². The summed E-state index contributed by atoms with van der Waals surface area (Å²) in [5.74, 6) is -0.934. The van der Waals surface area contributed by atoms with Crippen LogP contribution in [0.5, 0.6) is 0 Å². The average Bonchev–Trinajstić information content (AvgIpc) is 2.94. The van der Waals surface area contributed by atoms with Crippen LogP contribution in [-0.4, -0.2) is 23.3 Å². The fourth-order valence-corrected chi connectivity index (χ4v) is 1.70. The topological polar surface area (TPSA) is 67.0 Å². The number of hydrogen-bond acceptors (Lipinski definition) is 4. The molecule has 0 saturated carbocycles. The average molecular weight is 263 g/mol. The Morgan fingerprint density at radius 1 is 1.47 bits per heavy atom. The van der Waals surface area contributed by atoms with Gasteiger partial charge in [-0.2, -0.15) is 5.10 Å². The van der Waals surface area contributed by atoms with E-state index in [2.05, 4.69) is 20.3 Å². The molecule has 1 aromatic heterocycles. The number of aromatic amines is 1. The maximum absolute atomic E-state index is 13.7. The Balaban J connectivity index is 2.22. The molecule has 0 aliphatic carbocycles. The number of esters is 1. The normalized spacial score (nSPS) is 11.9. The van der Waals surface area contributed by atoms with Crippen LogP contribution in [0.1, 0.15) is 29.0 Å². The van der Waals surface area contributed by atoms with E-state index in [-0.39, 0.29) is 11.7 Å². The van der Waals surface area contributed by atoms with E-state index in [0.717, 1.165) is 5.69 Å². The number of nitrogens with zero attached hydrogens (tertiary/aromatic N) is 1. The molecule has 6 heteroatoms. The molecule has 0 spiro atoms. The van der Waals surface area contributed by atoms with Gasteiger partial charge in [0.05, 0.1) is 30.1 Å². The lowest BCUT2D eigenvalue weighted by Gasteiger charge is -2.14.